The van der Waals surface area contributed by atoms with Crippen LogP contribution in [0.5, 0.6) is 5.75 Å². The Labute approximate surface area is 344 Å². The van der Waals surface area contributed by atoms with Crippen LogP contribution in [0.25, 0.3) is 0 Å². The molecule has 1 saturated heterocycles. The summed E-state index contributed by atoms with van der Waals surface area (Å²) in [6, 6.07) is 21.0. The summed E-state index contributed by atoms with van der Waals surface area (Å²) in [4.78, 5) is 65.9. The number of ether oxygens (including phenoxy) is 2. The molecule has 1 fully saturated rings. The van der Waals surface area contributed by atoms with Crippen molar-refractivity contribution in [3.05, 3.63) is 106 Å². The van der Waals surface area contributed by atoms with Crippen molar-refractivity contribution in [2.24, 2.45) is 5.73 Å². The number of benzene rings is 3. The first-order valence-electron chi connectivity index (χ1n) is 20.6. The quantitative estimate of drug-likeness (QED) is 0.0562. The van der Waals surface area contributed by atoms with Crippen LogP contribution in [0, 0.1) is 0 Å². The first-order chi connectivity index (χ1) is 28.5. The molecule has 59 heavy (non-hydrogen) atoms. The lowest BCUT2D eigenvalue weighted by Crippen LogP contribution is -2.54. The van der Waals surface area contributed by atoms with Crippen molar-refractivity contribution in [1.29, 1.82) is 0 Å². The van der Waals surface area contributed by atoms with Crippen molar-refractivity contribution >= 4 is 35.2 Å². The van der Waals surface area contributed by atoms with Crippen LogP contribution in [0.1, 0.15) is 132 Å². The highest BCUT2D eigenvalue weighted by Crippen LogP contribution is 2.33. The second-order valence-electron chi connectivity index (χ2n) is 15.6. The molecule has 3 heterocycles. The van der Waals surface area contributed by atoms with Crippen LogP contribution in [0.3, 0.4) is 0 Å². The Morgan fingerprint density at radius 1 is 0.831 bits per heavy atom. The van der Waals surface area contributed by atoms with Crippen LogP contribution >= 0.6 is 0 Å². The molecular weight excluding hydrogens is 753 g/mol. The van der Waals surface area contributed by atoms with E-state index >= 15 is 0 Å². The van der Waals surface area contributed by atoms with E-state index in [2.05, 4.69) is 83.2 Å². The number of hydrogen-bond acceptors (Lipinski definition) is 11. The number of fused-ring (bicyclic) bond motifs is 1. The number of anilines is 1. The lowest BCUT2D eigenvalue weighted by molar-refractivity contribution is -0.136. The van der Waals surface area contributed by atoms with Gasteiger partial charge in [-0.25, -0.2) is 0 Å². The van der Waals surface area contributed by atoms with E-state index in [-0.39, 0.29) is 35.2 Å². The van der Waals surface area contributed by atoms with E-state index < -0.39 is 35.6 Å². The van der Waals surface area contributed by atoms with Crippen molar-refractivity contribution in [3.63, 3.8) is 0 Å². The number of nitrogens with one attached hydrogen (secondary N) is 2. The zero-order valence-corrected chi connectivity index (χ0v) is 33.9. The molecule has 14 nitrogen and oxygen atoms in total. The van der Waals surface area contributed by atoms with Gasteiger partial charge >= 0.3 is 0 Å². The first kappa shape index (κ1) is 42.7. The standard InChI is InChI=1S/C45H54N6O8/c1-45(2,31-14-11-30(12-15-31)13-24-39-49-41(40(46)53)50-59-39)32-16-19-34(20-17-32)58-28-9-6-4-3-5-8-26-57-27-10-7-25-47-33-18-21-35-36(29-33)44(56)51(43(35)55)37-22-23-38(52)48-42(37)54/h11-12,14-21,29,37,47H,3-10,13,22-28H2,1-2H3,(H2,46,53)(H,48,52,54). The molecular formula is C45H54N6O8. The number of unbranched alkanes of at least 4 members (excludes halogenated alkanes) is 6. The highest BCUT2D eigenvalue weighted by atomic mass is 16.5. The molecule has 1 atom stereocenters. The van der Waals surface area contributed by atoms with Crippen molar-refractivity contribution in [3.8, 4) is 5.75 Å². The van der Waals surface area contributed by atoms with Gasteiger partial charge in [-0.15, -0.1) is 0 Å². The smallest absolute Gasteiger partial charge is 0.290 e. The summed E-state index contributed by atoms with van der Waals surface area (Å²) in [6.45, 7) is 7.27. The van der Waals surface area contributed by atoms with Gasteiger partial charge in [0.2, 0.25) is 17.7 Å². The van der Waals surface area contributed by atoms with Gasteiger partial charge in [0.15, 0.2) is 0 Å². The number of nitrogens with zero attached hydrogens (tertiary/aromatic N) is 3. The molecule has 2 aliphatic rings. The molecule has 0 bridgehead atoms. The average Bonchev–Trinajstić information content (AvgIpc) is 3.81. The molecule has 0 saturated carbocycles. The summed E-state index contributed by atoms with van der Waals surface area (Å²) in [5, 5.41) is 9.11. The van der Waals surface area contributed by atoms with E-state index in [0.717, 1.165) is 67.0 Å². The summed E-state index contributed by atoms with van der Waals surface area (Å²) >= 11 is 0. The lowest BCUT2D eigenvalue weighted by Gasteiger charge is -2.27. The van der Waals surface area contributed by atoms with E-state index in [1.807, 2.05) is 0 Å². The zero-order valence-electron chi connectivity index (χ0n) is 33.9. The number of aryl methyl sites for hydroxylation is 2. The Hall–Kier alpha value is -5.89. The third-order valence-electron chi connectivity index (χ3n) is 11.0. The average molecular weight is 807 g/mol. The minimum Gasteiger partial charge on any atom is -0.494 e. The maximum atomic E-state index is 13.0. The summed E-state index contributed by atoms with van der Waals surface area (Å²) in [5.41, 5.74) is 9.84. The molecule has 14 heteroatoms. The second kappa shape index (κ2) is 20.2. The number of imide groups is 2. The van der Waals surface area contributed by atoms with E-state index in [4.69, 9.17) is 19.7 Å². The highest BCUT2D eigenvalue weighted by Gasteiger charge is 2.44. The molecule has 6 rings (SSSR count). The first-order valence-corrected chi connectivity index (χ1v) is 20.6. The number of rotatable bonds is 23. The van der Waals surface area contributed by atoms with Crippen LogP contribution in [0.15, 0.2) is 71.3 Å². The van der Waals surface area contributed by atoms with Crippen molar-refractivity contribution in [2.45, 2.75) is 102 Å². The van der Waals surface area contributed by atoms with Crippen LogP contribution in [-0.2, 0) is 32.6 Å². The SMILES string of the molecule is CC(C)(c1ccc(CCc2nc(C(N)=O)no2)cc1)c1ccc(OCCCCCCCCOCCCCNc2ccc3c(c2)C(=O)N(C2CCC(=O)NC2=O)C3=O)cc1. The van der Waals surface area contributed by atoms with Crippen molar-refractivity contribution in [1.82, 2.24) is 20.4 Å². The summed E-state index contributed by atoms with van der Waals surface area (Å²) in [6.07, 6.45) is 9.94. The van der Waals surface area contributed by atoms with Gasteiger partial charge in [-0.3, -0.25) is 34.2 Å². The molecule has 0 radical (unpaired) electrons. The summed E-state index contributed by atoms with van der Waals surface area (Å²) in [5.74, 6) is -1.55. The van der Waals surface area contributed by atoms with E-state index in [0.29, 0.717) is 38.5 Å². The van der Waals surface area contributed by atoms with Gasteiger partial charge in [-0.2, -0.15) is 4.98 Å². The maximum Gasteiger partial charge on any atom is 0.290 e. The van der Waals surface area contributed by atoms with Gasteiger partial charge < -0.3 is 25.0 Å². The fourth-order valence-electron chi connectivity index (χ4n) is 7.38. The molecule has 1 aromatic heterocycles. The third kappa shape index (κ3) is 11.2. The largest absolute Gasteiger partial charge is 0.494 e. The molecule has 4 aromatic rings. The number of hydrogen-bond donors (Lipinski definition) is 3. The minimum atomic E-state index is -0.969. The Bertz CT molecular complexity index is 2100. The summed E-state index contributed by atoms with van der Waals surface area (Å²) in [7, 11) is 0. The molecule has 5 amide bonds. The van der Waals surface area contributed by atoms with Crippen molar-refractivity contribution in [2.75, 3.05) is 31.7 Å². The van der Waals surface area contributed by atoms with Gasteiger partial charge in [-0.1, -0.05) is 81.1 Å². The van der Waals surface area contributed by atoms with Crippen LogP contribution in [-0.4, -0.2) is 77.0 Å². The lowest BCUT2D eigenvalue weighted by atomic mass is 9.78. The van der Waals surface area contributed by atoms with Gasteiger partial charge in [0.25, 0.3) is 23.5 Å². The molecule has 0 aliphatic carbocycles. The molecule has 3 aromatic carbocycles. The predicted octanol–water partition coefficient (Wildman–Crippen LogP) is 6.31. The Balaban J connectivity index is 0.768. The molecule has 2 aliphatic heterocycles. The normalized spacial score (nSPS) is 15.4. The topological polar surface area (TPSA) is 196 Å². The Kier molecular flexibility index (Phi) is 14.6. The Morgan fingerprint density at radius 3 is 2.15 bits per heavy atom. The molecule has 4 N–H and O–H groups in total. The number of nitrogens with two attached hydrogens (primary N) is 1. The Morgan fingerprint density at radius 2 is 1.47 bits per heavy atom. The van der Waals surface area contributed by atoms with E-state index in [1.54, 1.807) is 18.2 Å². The molecule has 0 spiro atoms. The predicted molar refractivity (Wildman–Crippen MR) is 220 cm³/mol. The number of aromatic nitrogens is 2. The number of carbonyl (C=O) groups is 5. The van der Waals surface area contributed by atoms with Gasteiger partial charge in [0.05, 0.1) is 17.7 Å². The van der Waals surface area contributed by atoms with E-state index in [1.165, 1.54) is 24.0 Å². The summed E-state index contributed by atoms with van der Waals surface area (Å²) < 4.78 is 17.0. The number of amides is 5. The van der Waals surface area contributed by atoms with Gasteiger partial charge in [0.1, 0.15) is 11.8 Å². The number of piperidine rings is 1. The third-order valence-corrected chi connectivity index (χ3v) is 11.0. The second-order valence-corrected chi connectivity index (χ2v) is 15.6. The molecule has 312 valence electrons. The van der Waals surface area contributed by atoms with Crippen LogP contribution in [0.4, 0.5) is 5.69 Å². The highest BCUT2D eigenvalue weighted by molar-refractivity contribution is 6.23. The monoisotopic (exact) mass is 806 g/mol. The van der Waals surface area contributed by atoms with E-state index in [9.17, 15) is 24.0 Å². The fourth-order valence-corrected chi connectivity index (χ4v) is 7.38. The molecule has 1 unspecified atom stereocenters. The van der Waals surface area contributed by atoms with Gasteiger partial charge in [0, 0.05) is 43.7 Å². The van der Waals surface area contributed by atoms with Crippen LogP contribution < -0.4 is 21.1 Å². The van der Waals surface area contributed by atoms with Crippen LogP contribution in [0.2, 0.25) is 0 Å². The maximum absolute atomic E-state index is 13.0. The minimum absolute atomic E-state index is 0.0913. The van der Waals surface area contributed by atoms with Gasteiger partial charge in [-0.05, 0) is 85.5 Å². The van der Waals surface area contributed by atoms with Crippen molar-refractivity contribution < 1.29 is 38.0 Å². The zero-order chi connectivity index (χ0) is 41.8. The number of primary amides is 1. The number of carbonyl (C=O) groups excluding carboxylic acids is 5. The fraction of sp³-hybridized carbons (Fsp3) is 0.444.